The van der Waals surface area contributed by atoms with Crippen LogP contribution in [0.2, 0.25) is 0 Å². The van der Waals surface area contributed by atoms with Gasteiger partial charge < -0.3 is 9.88 Å². The molecule has 0 spiro atoms. The minimum atomic E-state index is -0.554. The molecular formula is C17H18FN3O3. The lowest BCUT2D eigenvalue weighted by Crippen LogP contribution is -2.45. The van der Waals surface area contributed by atoms with E-state index >= 15 is 0 Å². The molecule has 3 rings (SSSR count). The molecule has 1 atom stereocenters. The number of amides is 1. The Bertz CT molecular complexity index is 887. The van der Waals surface area contributed by atoms with Crippen LogP contribution in [0.25, 0.3) is 0 Å². The number of carbonyl (C=O) groups excluding carboxylic acids is 1. The summed E-state index contributed by atoms with van der Waals surface area (Å²) in [7, 11) is 0. The highest BCUT2D eigenvalue weighted by atomic mass is 19.1. The molecule has 2 N–H and O–H groups in total. The van der Waals surface area contributed by atoms with Crippen molar-refractivity contribution < 1.29 is 9.18 Å². The number of aromatic nitrogens is 2. The third-order valence-electron chi connectivity index (χ3n) is 4.42. The molecule has 0 saturated carbocycles. The molecule has 24 heavy (non-hydrogen) atoms. The zero-order valence-corrected chi connectivity index (χ0v) is 13.3. The van der Waals surface area contributed by atoms with Gasteiger partial charge in [-0.05, 0) is 37.5 Å². The molecule has 1 aromatic carbocycles. The molecule has 0 aliphatic carbocycles. The highest BCUT2D eigenvalue weighted by Crippen LogP contribution is 2.34. The lowest BCUT2D eigenvalue weighted by atomic mass is 9.93. The van der Waals surface area contributed by atoms with Crippen LogP contribution in [-0.2, 0) is 11.2 Å². The highest BCUT2D eigenvalue weighted by Gasteiger charge is 2.33. The molecule has 1 aliphatic rings. The van der Waals surface area contributed by atoms with Crippen molar-refractivity contribution in [3.63, 3.8) is 0 Å². The maximum absolute atomic E-state index is 13.3. The Balaban J connectivity index is 1.68. The zero-order chi connectivity index (χ0) is 17.3. The second-order valence-electron chi connectivity index (χ2n) is 5.96. The topological polar surface area (TPSA) is 86.0 Å². The van der Waals surface area contributed by atoms with Gasteiger partial charge >= 0.3 is 5.69 Å². The van der Waals surface area contributed by atoms with Gasteiger partial charge in [0.25, 0.3) is 5.56 Å². The molecular weight excluding hydrogens is 313 g/mol. The van der Waals surface area contributed by atoms with E-state index < -0.39 is 11.2 Å². The first-order valence-corrected chi connectivity index (χ1v) is 7.82. The smallest absolute Gasteiger partial charge is 0.325 e. The Labute approximate surface area is 137 Å². The van der Waals surface area contributed by atoms with Crippen LogP contribution in [0.3, 0.4) is 0 Å². The van der Waals surface area contributed by atoms with Crippen molar-refractivity contribution in [2.75, 3.05) is 6.54 Å². The lowest BCUT2D eigenvalue weighted by Gasteiger charge is -2.41. The van der Waals surface area contributed by atoms with Gasteiger partial charge in [0, 0.05) is 24.2 Å². The van der Waals surface area contributed by atoms with Gasteiger partial charge in [-0.1, -0.05) is 12.1 Å². The van der Waals surface area contributed by atoms with Crippen LogP contribution in [0.5, 0.6) is 0 Å². The van der Waals surface area contributed by atoms with Crippen LogP contribution in [0, 0.1) is 12.7 Å². The fourth-order valence-corrected chi connectivity index (χ4v) is 3.05. The summed E-state index contributed by atoms with van der Waals surface area (Å²) in [6.07, 6.45) is 1.22. The van der Waals surface area contributed by atoms with Gasteiger partial charge in [0.15, 0.2) is 0 Å². The van der Waals surface area contributed by atoms with Crippen molar-refractivity contribution in [3.05, 3.63) is 67.7 Å². The standard InChI is InChI=1S/C17H18FN3O3/c1-10-13(16(23)20-17(24)19-10)5-6-15(22)21-8-7-14(21)11-3-2-4-12(18)9-11/h2-4,9,14H,5-8H2,1H3,(H2,19,20,23,24). The summed E-state index contributed by atoms with van der Waals surface area (Å²) >= 11 is 0. The minimum absolute atomic E-state index is 0.0829. The SMILES string of the molecule is Cc1[nH]c(=O)[nH]c(=O)c1CCC(=O)N1CCC1c1cccc(F)c1. The number of benzene rings is 1. The molecule has 2 aromatic rings. The number of aromatic amines is 2. The fourth-order valence-electron chi connectivity index (χ4n) is 3.05. The van der Waals surface area contributed by atoms with Crippen molar-refractivity contribution in [1.82, 2.24) is 14.9 Å². The number of nitrogens with zero attached hydrogens (tertiary/aromatic N) is 1. The molecule has 6 nitrogen and oxygen atoms in total. The fraction of sp³-hybridized carbons (Fsp3) is 0.353. The van der Waals surface area contributed by atoms with Gasteiger partial charge in [-0.2, -0.15) is 0 Å². The lowest BCUT2D eigenvalue weighted by molar-refractivity contribution is -0.139. The van der Waals surface area contributed by atoms with Gasteiger partial charge in [-0.25, -0.2) is 9.18 Å². The Hall–Kier alpha value is -2.70. The van der Waals surface area contributed by atoms with Crippen molar-refractivity contribution in [2.24, 2.45) is 0 Å². The second-order valence-corrected chi connectivity index (χ2v) is 5.96. The third-order valence-corrected chi connectivity index (χ3v) is 4.42. The van der Waals surface area contributed by atoms with Crippen LogP contribution in [0.4, 0.5) is 4.39 Å². The Morgan fingerprint density at radius 2 is 2.12 bits per heavy atom. The van der Waals surface area contributed by atoms with Crippen molar-refractivity contribution in [2.45, 2.75) is 32.2 Å². The first-order chi connectivity index (χ1) is 11.5. The summed E-state index contributed by atoms with van der Waals surface area (Å²) in [4.78, 5) is 41.8. The van der Waals surface area contributed by atoms with Gasteiger partial charge in [0.2, 0.25) is 5.91 Å². The van der Waals surface area contributed by atoms with E-state index in [-0.39, 0.29) is 30.6 Å². The molecule has 1 saturated heterocycles. The minimum Gasteiger partial charge on any atom is -0.335 e. The summed E-state index contributed by atoms with van der Waals surface area (Å²) in [6.45, 7) is 2.26. The van der Waals surface area contributed by atoms with E-state index in [4.69, 9.17) is 0 Å². The molecule has 0 radical (unpaired) electrons. The first-order valence-electron chi connectivity index (χ1n) is 7.82. The number of rotatable bonds is 4. The molecule has 126 valence electrons. The Morgan fingerprint density at radius 3 is 2.75 bits per heavy atom. The summed E-state index contributed by atoms with van der Waals surface area (Å²) in [5.41, 5.74) is 0.649. The van der Waals surface area contributed by atoms with Crippen molar-refractivity contribution >= 4 is 5.91 Å². The average molecular weight is 331 g/mol. The first kappa shape index (κ1) is 16.2. The normalized spacial score (nSPS) is 16.8. The summed E-state index contributed by atoms with van der Waals surface area (Å²) in [6, 6.07) is 6.15. The van der Waals surface area contributed by atoms with Crippen LogP contribution in [-0.4, -0.2) is 27.3 Å². The quantitative estimate of drug-likeness (QED) is 0.888. The van der Waals surface area contributed by atoms with Crippen molar-refractivity contribution in [3.8, 4) is 0 Å². The molecule has 1 amide bonds. The van der Waals surface area contributed by atoms with Gasteiger partial charge in [0.1, 0.15) is 5.82 Å². The van der Waals surface area contributed by atoms with Crippen LogP contribution in [0.1, 0.15) is 35.7 Å². The summed E-state index contributed by atoms with van der Waals surface area (Å²) in [5.74, 6) is -0.400. The largest absolute Gasteiger partial charge is 0.335 e. The van der Waals surface area contributed by atoms with E-state index in [1.807, 2.05) is 6.07 Å². The maximum atomic E-state index is 13.3. The predicted octanol–water partition coefficient (Wildman–Crippen LogP) is 1.42. The number of nitrogens with one attached hydrogen (secondary N) is 2. The number of likely N-dealkylation sites (tertiary alicyclic amines) is 1. The molecule has 1 aliphatic heterocycles. The molecule has 1 aromatic heterocycles. The molecule has 2 heterocycles. The van der Waals surface area contributed by atoms with E-state index in [1.54, 1.807) is 17.9 Å². The van der Waals surface area contributed by atoms with E-state index in [1.165, 1.54) is 12.1 Å². The summed E-state index contributed by atoms with van der Waals surface area (Å²) in [5, 5.41) is 0. The maximum Gasteiger partial charge on any atom is 0.325 e. The Kier molecular flexibility index (Phi) is 4.33. The van der Waals surface area contributed by atoms with Crippen LogP contribution >= 0.6 is 0 Å². The number of H-pyrrole nitrogens is 2. The van der Waals surface area contributed by atoms with Gasteiger partial charge in [-0.15, -0.1) is 0 Å². The second kappa shape index (κ2) is 6.43. The van der Waals surface area contributed by atoms with E-state index in [2.05, 4.69) is 9.97 Å². The molecule has 1 fully saturated rings. The highest BCUT2D eigenvalue weighted by molar-refractivity contribution is 5.78. The predicted molar refractivity (Wildman–Crippen MR) is 86.2 cm³/mol. The molecule has 0 bridgehead atoms. The van der Waals surface area contributed by atoms with Crippen LogP contribution in [0.15, 0.2) is 33.9 Å². The zero-order valence-electron chi connectivity index (χ0n) is 13.3. The van der Waals surface area contributed by atoms with Crippen LogP contribution < -0.4 is 11.2 Å². The Morgan fingerprint density at radius 1 is 1.33 bits per heavy atom. The summed E-state index contributed by atoms with van der Waals surface area (Å²) < 4.78 is 13.3. The number of carbonyl (C=O) groups is 1. The van der Waals surface area contributed by atoms with E-state index in [0.29, 0.717) is 17.8 Å². The number of aryl methyl sites for hydroxylation is 1. The number of hydrogen-bond acceptors (Lipinski definition) is 3. The van der Waals surface area contributed by atoms with Gasteiger partial charge in [-0.3, -0.25) is 14.6 Å². The monoisotopic (exact) mass is 331 g/mol. The molecule has 7 heteroatoms. The average Bonchev–Trinajstić information content (AvgIpc) is 2.44. The van der Waals surface area contributed by atoms with Gasteiger partial charge in [0.05, 0.1) is 6.04 Å². The van der Waals surface area contributed by atoms with E-state index in [9.17, 15) is 18.8 Å². The third kappa shape index (κ3) is 3.15. The van der Waals surface area contributed by atoms with Crippen molar-refractivity contribution in [1.29, 1.82) is 0 Å². The number of halogens is 1. The number of hydrogen-bond donors (Lipinski definition) is 2. The molecule has 1 unspecified atom stereocenters. The van der Waals surface area contributed by atoms with E-state index in [0.717, 1.165) is 12.0 Å².